The van der Waals surface area contributed by atoms with Crippen LogP contribution in [-0.4, -0.2) is 39.9 Å². The first kappa shape index (κ1) is 17.8. The topological polar surface area (TPSA) is 27.3 Å². The van der Waals surface area contributed by atoms with Crippen LogP contribution in [-0.2, 0) is 13.1 Å². The Morgan fingerprint density at radius 3 is 2.12 bits per heavy atom. The highest BCUT2D eigenvalue weighted by Crippen LogP contribution is 2.15. The minimum Gasteiger partial charge on any atom is -0.496 e. The van der Waals surface area contributed by atoms with Crippen LogP contribution in [0.4, 0.5) is 0 Å². The number of quaternary nitrogens is 2. The highest BCUT2D eigenvalue weighted by atomic mass is 16.5. The van der Waals surface area contributed by atoms with Crippen molar-refractivity contribution in [3.63, 3.8) is 0 Å². The van der Waals surface area contributed by atoms with Gasteiger partial charge >= 0.3 is 0 Å². The van der Waals surface area contributed by atoms with E-state index in [1.54, 1.807) is 16.9 Å². The number of ether oxygens (including phenoxy) is 2. The molecule has 134 valence electrons. The summed E-state index contributed by atoms with van der Waals surface area (Å²) >= 11 is 0. The first-order chi connectivity index (χ1) is 12.3. The molecule has 25 heavy (non-hydrogen) atoms. The Labute approximate surface area is 151 Å². The number of methoxy groups -OCH3 is 1. The third-order valence-electron chi connectivity index (χ3n) is 4.99. The molecule has 0 radical (unpaired) electrons. The van der Waals surface area contributed by atoms with Crippen LogP contribution in [0.2, 0.25) is 0 Å². The Bertz CT molecular complexity index is 649. The van der Waals surface area contributed by atoms with Crippen molar-refractivity contribution < 1.29 is 19.3 Å². The van der Waals surface area contributed by atoms with Gasteiger partial charge in [0, 0.05) is 11.1 Å². The van der Waals surface area contributed by atoms with Gasteiger partial charge in [-0.2, -0.15) is 0 Å². The van der Waals surface area contributed by atoms with Gasteiger partial charge in [0.15, 0.2) is 0 Å². The van der Waals surface area contributed by atoms with Crippen molar-refractivity contribution in [3.8, 4) is 11.5 Å². The summed E-state index contributed by atoms with van der Waals surface area (Å²) in [6.07, 6.45) is 0. The van der Waals surface area contributed by atoms with E-state index in [9.17, 15) is 0 Å². The Kier molecular flexibility index (Phi) is 6.31. The Morgan fingerprint density at radius 1 is 0.840 bits per heavy atom. The number of benzene rings is 2. The minimum atomic E-state index is 0.724. The van der Waals surface area contributed by atoms with Gasteiger partial charge in [0.1, 0.15) is 50.8 Å². The molecular weight excluding hydrogens is 312 g/mol. The Hall–Kier alpha value is -2.04. The van der Waals surface area contributed by atoms with Gasteiger partial charge in [0.25, 0.3) is 0 Å². The third kappa shape index (κ3) is 4.97. The van der Waals surface area contributed by atoms with E-state index in [0.29, 0.717) is 0 Å². The SMILES string of the molecule is CCOc1ccc(C[NH+]2CC[NH+](Cc3ccccc3OC)CC2)cc1. The molecule has 0 amide bonds. The van der Waals surface area contributed by atoms with Crippen molar-refractivity contribution in [3.05, 3.63) is 59.7 Å². The summed E-state index contributed by atoms with van der Waals surface area (Å²) in [6.45, 7) is 9.77. The second kappa shape index (κ2) is 8.88. The van der Waals surface area contributed by atoms with Gasteiger partial charge in [-0.15, -0.1) is 0 Å². The van der Waals surface area contributed by atoms with Crippen molar-refractivity contribution in [1.82, 2.24) is 0 Å². The summed E-state index contributed by atoms with van der Waals surface area (Å²) in [4.78, 5) is 3.33. The van der Waals surface area contributed by atoms with Crippen molar-refractivity contribution in [1.29, 1.82) is 0 Å². The lowest BCUT2D eigenvalue weighted by atomic mass is 10.1. The molecule has 1 fully saturated rings. The fourth-order valence-electron chi connectivity index (χ4n) is 3.59. The van der Waals surface area contributed by atoms with E-state index in [2.05, 4.69) is 42.5 Å². The monoisotopic (exact) mass is 342 g/mol. The van der Waals surface area contributed by atoms with Crippen LogP contribution < -0.4 is 19.3 Å². The third-order valence-corrected chi connectivity index (χ3v) is 4.99. The van der Waals surface area contributed by atoms with E-state index in [4.69, 9.17) is 9.47 Å². The molecule has 0 aliphatic carbocycles. The lowest BCUT2D eigenvalue weighted by Crippen LogP contribution is -3.27. The zero-order chi connectivity index (χ0) is 17.5. The number of hydrogen-bond acceptors (Lipinski definition) is 2. The average Bonchev–Trinajstić information content (AvgIpc) is 2.66. The van der Waals surface area contributed by atoms with Gasteiger partial charge in [0.05, 0.1) is 13.7 Å². The molecule has 0 saturated carbocycles. The predicted molar refractivity (Wildman–Crippen MR) is 99.4 cm³/mol. The molecule has 2 aromatic carbocycles. The molecular formula is C21H30N2O2+2. The molecule has 1 aliphatic heterocycles. The molecule has 0 atom stereocenters. The smallest absolute Gasteiger partial charge is 0.127 e. The average molecular weight is 342 g/mol. The van der Waals surface area contributed by atoms with Gasteiger partial charge in [-0.1, -0.05) is 12.1 Å². The van der Waals surface area contributed by atoms with Crippen LogP contribution in [0, 0.1) is 0 Å². The first-order valence-electron chi connectivity index (χ1n) is 9.29. The Balaban J connectivity index is 1.48. The maximum absolute atomic E-state index is 5.52. The van der Waals surface area contributed by atoms with Gasteiger partial charge in [-0.3, -0.25) is 0 Å². The van der Waals surface area contributed by atoms with Crippen LogP contribution >= 0.6 is 0 Å². The van der Waals surface area contributed by atoms with Crippen LogP contribution in [0.15, 0.2) is 48.5 Å². The largest absolute Gasteiger partial charge is 0.496 e. The molecule has 0 bridgehead atoms. The van der Waals surface area contributed by atoms with Crippen LogP contribution in [0.3, 0.4) is 0 Å². The molecule has 1 saturated heterocycles. The standard InChI is InChI=1S/C21H28N2O2/c1-3-25-20-10-8-18(9-11-20)16-22-12-14-23(15-13-22)17-19-6-4-5-7-21(19)24-2/h4-11H,3,12-17H2,1-2H3/p+2. The maximum Gasteiger partial charge on any atom is 0.127 e. The number of piperazine rings is 1. The van der Waals surface area contributed by atoms with Gasteiger partial charge in [-0.25, -0.2) is 0 Å². The molecule has 1 aliphatic rings. The van der Waals surface area contributed by atoms with E-state index in [1.165, 1.54) is 37.3 Å². The lowest BCUT2D eigenvalue weighted by Gasteiger charge is -2.30. The second-order valence-electron chi connectivity index (χ2n) is 6.74. The van der Waals surface area contributed by atoms with Gasteiger partial charge in [0.2, 0.25) is 0 Å². The molecule has 0 spiro atoms. The van der Waals surface area contributed by atoms with Crippen LogP contribution in [0.25, 0.3) is 0 Å². The molecule has 0 aromatic heterocycles. The summed E-state index contributed by atoms with van der Waals surface area (Å²) in [5.41, 5.74) is 2.71. The highest BCUT2D eigenvalue weighted by Gasteiger charge is 2.23. The van der Waals surface area contributed by atoms with E-state index in [0.717, 1.165) is 31.2 Å². The van der Waals surface area contributed by atoms with E-state index in [-0.39, 0.29) is 0 Å². The Morgan fingerprint density at radius 2 is 1.48 bits per heavy atom. The van der Waals surface area contributed by atoms with E-state index in [1.807, 2.05) is 13.0 Å². The number of para-hydroxylation sites is 1. The number of rotatable bonds is 7. The summed E-state index contributed by atoms with van der Waals surface area (Å²) in [7, 11) is 1.76. The molecule has 2 aromatic rings. The van der Waals surface area contributed by atoms with Crippen LogP contribution in [0.1, 0.15) is 18.1 Å². The zero-order valence-corrected chi connectivity index (χ0v) is 15.4. The fraction of sp³-hybridized carbons (Fsp3) is 0.429. The van der Waals surface area contributed by atoms with Gasteiger partial charge in [-0.05, 0) is 43.3 Å². The predicted octanol–water partition coefficient (Wildman–Crippen LogP) is 0.578. The molecule has 4 heteroatoms. The second-order valence-corrected chi connectivity index (χ2v) is 6.74. The normalized spacial score (nSPS) is 20.2. The molecule has 3 rings (SSSR count). The zero-order valence-electron chi connectivity index (χ0n) is 15.4. The lowest BCUT2D eigenvalue weighted by molar-refractivity contribution is -1.02. The number of hydrogen-bond donors (Lipinski definition) is 2. The fourth-order valence-corrected chi connectivity index (χ4v) is 3.59. The van der Waals surface area contributed by atoms with E-state index < -0.39 is 0 Å². The quantitative estimate of drug-likeness (QED) is 0.770. The molecule has 0 unspecified atom stereocenters. The number of nitrogens with one attached hydrogen (secondary N) is 2. The van der Waals surface area contributed by atoms with Crippen molar-refractivity contribution >= 4 is 0 Å². The molecule has 2 N–H and O–H groups in total. The molecule has 1 heterocycles. The summed E-state index contributed by atoms with van der Waals surface area (Å²) in [5, 5.41) is 0. The van der Waals surface area contributed by atoms with Crippen molar-refractivity contribution in [2.45, 2.75) is 20.0 Å². The maximum atomic E-state index is 5.52. The highest BCUT2D eigenvalue weighted by molar-refractivity contribution is 5.32. The van der Waals surface area contributed by atoms with Crippen molar-refractivity contribution in [2.75, 3.05) is 39.9 Å². The van der Waals surface area contributed by atoms with E-state index >= 15 is 0 Å². The minimum absolute atomic E-state index is 0.724. The van der Waals surface area contributed by atoms with Crippen molar-refractivity contribution in [2.24, 2.45) is 0 Å². The first-order valence-corrected chi connectivity index (χ1v) is 9.29. The summed E-state index contributed by atoms with van der Waals surface area (Å²) < 4.78 is 11.0. The van der Waals surface area contributed by atoms with Crippen LogP contribution in [0.5, 0.6) is 11.5 Å². The summed E-state index contributed by atoms with van der Waals surface area (Å²) in [6, 6.07) is 17.0. The molecule has 4 nitrogen and oxygen atoms in total. The van der Waals surface area contributed by atoms with Gasteiger partial charge < -0.3 is 19.3 Å². The summed E-state index contributed by atoms with van der Waals surface area (Å²) in [5.74, 6) is 1.98.